The molecule has 0 N–H and O–H groups in total. The Bertz CT molecular complexity index is 5870. The van der Waals surface area contributed by atoms with Crippen molar-refractivity contribution in [2.75, 3.05) is 9.80 Å². The minimum atomic E-state index is 0.849. The zero-order valence-electron chi connectivity index (χ0n) is 45.2. The Labute approximate surface area is 480 Å². The van der Waals surface area contributed by atoms with E-state index in [4.69, 9.17) is 8.83 Å². The van der Waals surface area contributed by atoms with Crippen molar-refractivity contribution < 1.29 is 8.83 Å². The van der Waals surface area contributed by atoms with Gasteiger partial charge in [0, 0.05) is 76.0 Å². The van der Waals surface area contributed by atoms with Gasteiger partial charge in [0.05, 0.1) is 55.8 Å². The Morgan fingerprint density at radius 2 is 0.702 bits per heavy atom. The van der Waals surface area contributed by atoms with Crippen LogP contribution in [0.1, 0.15) is 0 Å². The molecule has 6 aromatic heterocycles. The maximum absolute atomic E-state index is 6.89. The Balaban J connectivity index is 0.892. The topological polar surface area (TPSA) is 41.6 Å². The highest BCUT2D eigenvalue weighted by atomic mass is 16.3. The van der Waals surface area contributed by atoms with Crippen LogP contribution < -0.4 is 9.80 Å². The first-order valence-electron chi connectivity index (χ1n) is 28.7. The highest BCUT2D eigenvalue weighted by Crippen LogP contribution is 2.53. The molecule has 6 heteroatoms. The van der Waals surface area contributed by atoms with E-state index in [0.717, 1.165) is 100 Å². The van der Waals surface area contributed by atoms with Gasteiger partial charge in [-0.3, -0.25) is 0 Å². The number of para-hydroxylation sites is 6. The number of anilines is 6. The summed E-state index contributed by atoms with van der Waals surface area (Å²) in [6.45, 7) is 0. The third kappa shape index (κ3) is 6.17. The maximum atomic E-state index is 6.89. The summed E-state index contributed by atoms with van der Waals surface area (Å²) in [5.41, 5.74) is 21.4. The Hall–Kier alpha value is -11.3. The summed E-state index contributed by atoms with van der Waals surface area (Å²) in [7, 11) is 0. The van der Waals surface area contributed by atoms with Crippen molar-refractivity contribution >= 4 is 154 Å². The average Bonchev–Trinajstić information content (AvgIpc) is 2.34. The first kappa shape index (κ1) is 45.4. The lowest BCUT2D eigenvalue weighted by molar-refractivity contribution is 0.669. The molecule has 84 heavy (non-hydrogen) atoms. The van der Waals surface area contributed by atoms with Crippen molar-refractivity contribution in [1.29, 1.82) is 0 Å². The molecule has 0 unspecified atom stereocenters. The van der Waals surface area contributed by atoms with Crippen LogP contribution in [0.15, 0.2) is 288 Å². The Morgan fingerprint density at radius 3 is 1.37 bits per heavy atom. The van der Waals surface area contributed by atoms with Gasteiger partial charge in [-0.15, -0.1) is 0 Å². The van der Waals surface area contributed by atoms with E-state index in [1.54, 1.807) is 0 Å². The second kappa shape index (κ2) is 17.1. The molecule has 0 atom stereocenters. The monoisotopic (exact) mass is 1070 g/mol. The lowest BCUT2D eigenvalue weighted by Crippen LogP contribution is -2.11. The molecule has 390 valence electrons. The van der Waals surface area contributed by atoms with Crippen molar-refractivity contribution in [3.63, 3.8) is 0 Å². The minimum Gasteiger partial charge on any atom is -0.454 e. The quantitative estimate of drug-likeness (QED) is 0.152. The summed E-state index contributed by atoms with van der Waals surface area (Å²) in [4.78, 5) is 4.83. The summed E-state index contributed by atoms with van der Waals surface area (Å²) < 4.78 is 18.8. The number of aromatic nitrogens is 2. The lowest BCUT2D eigenvalue weighted by Gasteiger charge is -2.27. The van der Waals surface area contributed by atoms with E-state index in [-0.39, 0.29) is 0 Å². The zero-order chi connectivity index (χ0) is 54.7. The number of hydrogen-bond acceptors (Lipinski definition) is 4. The van der Waals surface area contributed by atoms with Gasteiger partial charge < -0.3 is 27.4 Å². The Kier molecular flexibility index (Phi) is 9.24. The number of hydrogen-bond donors (Lipinski definition) is 0. The standard InChI is InChI=1S/C78H46N4O2/c1-4-20-47(21-5-1)49-24-14-27-51(44-49)80(67-39-17-32-57-54-29-11-13-41-71(54)84-78(57)67)63-35-19-36-64-73(63)58-33-15-30-55-60-45-69-61(46-68(60)81(64)75(55)58)72-52(48-22-6-2-7-23-48)42-43-59-74-62(34-18-37-65(74)82(69)76(59)72)79(50-25-8-3-9-26-50)66-38-16-31-56-53-28-10-12-40-70(53)83-77(56)66/h1-46H. The van der Waals surface area contributed by atoms with Gasteiger partial charge in [-0.05, 0) is 107 Å². The van der Waals surface area contributed by atoms with E-state index in [9.17, 15) is 0 Å². The van der Waals surface area contributed by atoms with Gasteiger partial charge >= 0.3 is 0 Å². The van der Waals surface area contributed by atoms with Crippen LogP contribution in [0.2, 0.25) is 0 Å². The number of rotatable bonds is 8. The molecule has 0 bridgehead atoms. The van der Waals surface area contributed by atoms with Crippen LogP contribution in [0.3, 0.4) is 0 Å². The van der Waals surface area contributed by atoms with Crippen molar-refractivity contribution in [3.8, 4) is 22.3 Å². The van der Waals surface area contributed by atoms with Gasteiger partial charge in [-0.2, -0.15) is 0 Å². The molecule has 6 heterocycles. The molecule has 0 aliphatic rings. The number of benzene rings is 13. The van der Waals surface area contributed by atoms with Crippen LogP contribution in [0.25, 0.3) is 142 Å². The van der Waals surface area contributed by atoms with E-state index in [2.05, 4.69) is 292 Å². The van der Waals surface area contributed by atoms with E-state index in [1.807, 2.05) is 6.07 Å². The Morgan fingerprint density at radius 1 is 0.250 bits per heavy atom. The number of fused-ring (bicyclic) bond motifs is 18. The van der Waals surface area contributed by atoms with Crippen LogP contribution in [-0.4, -0.2) is 8.80 Å². The van der Waals surface area contributed by atoms with Gasteiger partial charge in [0.25, 0.3) is 0 Å². The predicted octanol–water partition coefficient (Wildman–Crippen LogP) is 22.1. The molecule has 0 spiro atoms. The molecule has 0 amide bonds. The summed E-state index contributed by atoms with van der Waals surface area (Å²) in [5.74, 6) is 0. The minimum absolute atomic E-state index is 0.849. The van der Waals surface area contributed by atoms with Crippen LogP contribution in [0, 0.1) is 0 Å². The summed E-state index contributed by atoms with van der Waals surface area (Å²) in [6, 6.07) is 101. The molecular formula is C78H46N4O2. The van der Waals surface area contributed by atoms with Crippen molar-refractivity contribution in [1.82, 2.24) is 8.80 Å². The summed E-state index contributed by atoms with van der Waals surface area (Å²) >= 11 is 0. The molecular weight excluding hydrogens is 1020 g/mol. The van der Waals surface area contributed by atoms with E-state index >= 15 is 0 Å². The van der Waals surface area contributed by atoms with Gasteiger partial charge in [0.1, 0.15) is 11.2 Å². The molecule has 13 aromatic carbocycles. The smallest absolute Gasteiger partial charge is 0.159 e. The van der Waals surface area contributed by atoms with E-state index in [1.165, 1.54) is 76.3 Å². The van der Waals surface area contributed by atoms with Crippen LogP contribution in [0.4, 0.5) is 34.1 Å². The molecule has 0 saturated carbocycles. The van der Waals surface area contributed by atoms with Crippen LogP contribution in [-0.2, 0) is 0 Å². The fourth-order valence-electron chi connectivity index (χ4n) is 14.5. The third-order valence-electron chi connectivity index (χ3n) is 17.9. The lowest BCUT2D eigenvalue weighted by atomic mass is 9.96. The second-order valence-corrected chi connectivity index (χ2v) is 22.3. The van der Waals surface area contributed by atoms with Crippen molar-refractivity contribution in [2.24, 2.45) is 0 Å². The fourth-order valence-corrected chi connectivity index (χ4v) is 14.5. The molecule has 19 aromatic rings. The van der Waals surface area contributed by atoms with Crippen molar-refractivity contribution in [3.05, 3.63) is 279 Å². The number of nitrogens with zero attached hydrogens (tertiary/aromatic N) is 4. The maximum Gasteiger partial charge on any atom is 0.159 e. The molecule has 19 rings (SSSR count). The molecule has 6 nitrogen and oxygen atoms in total. The van der Waals surface area contributed by atoms with Gasteiger partial charge in [0.2, 0.25) is 0 Å². The molecule has 0 aliphatic heterocycles. The average molecular weight is 1070 g/mol. The normalized spacial score (nSPS) is 12.3. The van der Waals surface area contributed by atoms with Gasteiger partial charge in [0.15, 0.2) is 11.2 Å². The fraction of sp³-hybridized carbons (Fsp3) is 0. The predicted molar refractivity (Wildman–Crippen MR) is 351 cm³/mol. The zero-order valence-corrected chi connectivity index (χ0v) is 45.2. The van der Waals surface area contributed by atoms with E-state index < -0.39 is 0 Å². The molecule has 0 radical (unpaired) electrons. The van der Waals surface area contributed by atoms with Gasteiger partial charge in [-0.25, -0.2) is 0 Å². The van der Waals surface area contributed by atoms with Crippen LogP contribution in [0.5, 0.6) is 0 Å². The van der Waals surface area contributed by atoms with Gasteiger partial charge in [-0.1, -0.05) is 194 Å². The largest absolute Gasteiger partial charge is 0.454 e. The van der Waals surface area contributed by atoms with Crippen LogP contribution >= 0.6 is 0 Å². The first-order chi connectivity index (χ1) is 41.7. The third-order valence-corrected chi connectivity index (χ3v) is 17.9. The highest BCUT2D eigenvalue weighted by molar-refractivity contribution is 6.33. The number of furan rings is 2. The van der Waals surface area contributed by atoms with Crippen molar-refractivity contribution in [2.45, 2.75) is 0 Å². The first-order valence-corrected chi connectivity index (χ1v) is 28.7. The molecule has 0 aliphatic carbocycles. The van der Waals surface area contributed by atoms with E-state index in [0.29, 0.717) is 0 Å². The SMILES string of the molecule is c1ccc(-c2cccc(N(c3cccc4c3oc3ccccc34)c3cccc4c3c3cccc5c6cc7c(cc6n4c53)c3c(-c4ccccc4)ccc4c5c(N(c6ccccc6)c6cccc8c6oc6ccccc68)cccc5n7c43)c2)cc1. The second-order valence-electron chi connectivity index (χ2n) is 22.3. The summed E-state index contributed by atoms with van der Waals surface area (Å²) in [5, 5.41) is 14.0. The molecule has 0 fully saturated rings. The molecule has 0 saturated heterocycles. The summed E-state index contributed by atoms with van der Waals surface area (Å²) in [6.07, 6.45) is 0. The highest BCUT2D eigenvalue weighted by Gasteiger charge is 2.30.